The maximum atomic E-state index is 11.5. The van der Waals surface area contributed by atoms with Crippen molar-refractivity contribution in [2.75, 3.05) is 0 Å². The zero-order valence-corrected chi connectivity index (χ0v) is 9.14. The number of aromatic nitrogens is 3. The molecular weight excluding hydrogens is 210 g/mol. The summed E-state index contributed by atoms with van der Waals surface area (Å²) in [5.74, 6) is -0.842. The molecule has 1 heterocycles. The molecule has 1 aromatic heterocycles. The lowest BCUT2D eigenvalue weighted by molar-refractivity contribution is -0.153. The largest absolute Gasteiger partial charge is 0.481 e. The van der Waals surface area contributed by atoms with Gasteiger partial charge in [0.1, 0.15) is 6.33 Å². The van der Waals surface area contributed by atoms with E-state index in [1.807, 2.05) is 0 Å². The standard InChI is InChI=1S/C10H15N3O3/c1-10(8(14)15)5-3-2-4-7(10)13-6-11-12-9(13)16/h6-7H,2-5H2,1H3,(H,12,16)(H,14,15). The predicted molar refractivity (Wildman–Crippen MR) is 56.1 cm³/mol. The van der Waals surface area contributed by atoms with Crippen molar-refractivity contribution >= 4 is 5.97 Å². The van der Waals surface area contributed by atoms with Crippen molar-refractivity contribution in [1.29, 1.82) is 0 Å². The molecule has 2 atom stereocenters. The number of hydrogen-bond donors (Lipinski definition) is 2. The van der Waals surface area contributed by atoms with Gasteiger partial charge in [-0.2, -0.15) is 5.10 Å². The van der Waals surface area contributed by atoms with E-state index in [0.717, 1.165) is 12.8 Å². The van der Waals surface area contributed by atoms with E-state index in [1.165, 1.54) is 10.9 Å². The summed E-state index contributed by atoms with van der Waals surface area (Å²) in [6.07, 6.45) is 4.55. The second-order valence-electron chi connectivity index (χ2n) is 4.55. The molecule has 2 unspecified atom stereocenters. The highest BCUT2D eigenvalue weighted by Gasteiger charge is 2.44. The molecule has 0 saturated heterocycles. The summed E-state index contributed by atoms with van der Waals surface area (Å²) in [6, 6.07) is -0.301. The summed E-state index contributed by atoms with van der Waals surface area (Å²) >= 11 is 0. The van der Waals surface area contributed by atoms with Gasteiger partial charge in [-0.05, 0) is 19.8 Å². The average Bonchev–Trinajstić information content (AvgIpc) is 2.65. The first-order valence-electron chi connectivity index (χ1n) is 5.40. The molecule has 2 rings (SSSR count). The first kappa shape index (κ1) is 10.9. The minimum absolute atomic E-state index is 0.301. The normalized spacial score (nSPS) is 30.2. The van der Waals surface area contributed by atoms with Crippen LogP contribution in [0.3, 0.4) is 0 Å². The molecule has 88 valence electrons. The van der Waals surface area contributed by atoms with Gasteiger partial charge in [0.05, 0.1) is 11.5 Å². The van der Waals surface area contributed by atoms with Crippen molar-refractivity contribution in [3.8, 4) is 0 Å². The van der Waals surface area contributed by atoms with E-state index in [9.17, 15) is 14.7 Å². The first-order valence-corrected chi connectivity index (χ1v) is 5.40. The number of nitrogens with zero attached hydrogens (tertiary/aromatic N) is 2. The Hall–Kier alpha value is -1.59. The maximum absolute atomic E-state index is 11.5. The minimum Gasteiger partial charge on any atom is -0.481 e. The number of carboxylic acids is 1. The van der Waals surface area contributed by atoms with Crippen molar-refractivity contribution < 1.29 is 9.90 Å². The Morgan fingerprint density at radius 2 is 2.44 bits per heavy atom. The SMILES string of the molecule is CC1(C(=O)O)CCCCC1n1cn[nH]c1=O. The van der Waals surface area contributed by atoms with Gasteiger partial charge in [0.15, 0.2) is 0 Å². The van der Waals surface area contributed by atoms with Gasteiger partial charge in [0, 0.05) is 0 Å². The summed E-state index contributed by atoms with van der Waals surface area (Å²) < 4.78 is 1.41. The van der Waals surface area contributed by atoms with Crippen LogP contribution >= 0.6 is 0 Å². The maximum Gasteiger partial charge on any atom is 0.343 e. The Bertz CT molecular complexity index is 450. The number of hydrogen-bond acceptors (Lipinski definition) is 3. The predicted octanol–water partition coefficient (Wildman–Crippen LogP) is 0.777. The van der Waals surface area contributed by atoms with Crippen LogP contribution < -0.4 is 5.69 Å². The van der Waals surface area contributed by atoms with E-state index in [2.05, 4.69) is 10.2 Å². The Kier molecular flexibility index (Phi) is 2.57. The summed E-state index contributed by atoms with van der Waals surface area (Å²) in [4.78, 5) is 22.8. The van der Waals surface area contributed by atoms with Crippen molar-refractivity contribution in [2.24, 2.45) is 5.41 Å². The molecule has 1 fully saturated rings. The second kappa shape index (κ2) is 3.77. The third kappa shape index (κ3) is 1.54. The quantitative estimate of drug-likeness (QED) is 0.778. The number of carbonyl (C=O) groups is 1. The Morgan fingerprint density at radius 3 is 3.00 bits per heavy atom. The van der Waals surface area contributed by atoms with E-state index < -0.39 is 11.4 Å². The van der Waals surface area contributed by atoms with Crippen LogP contribution in [0.2, 0.25) is 0 Å². The van der Waals surface area contributed by atoms with Crippen LogP contribution in [0.5, 0.6) is 0 Å². The molecular formula is C10H15N3O3. The topological polar surface area (TPSA) is 88.0 Å². The highest BCUT2D eigenvalue weighted by atomic mass is 16.4. The molecule has 2 N–H and O–H groups in total. The van der Waals surface area contributed by atoms with E-state index in [-0.39, 0.29) is 11.7 Å². The molecule has 1 aromatic rings. The van der Waals surface area contributed by atoms with Crippen molar-refractivity contribution in [3.63, 3.8) is 0 Å². The van der Waals surface area contributed by atoms with Gasteiger partial charge in [-0.1, -0.05) is 12.8 Å². The minimum atomic E-state index is -0.869. The van der Waals surface area contributed by atoms with Gasteiger partial charge in [0.2, 0.25) is 0 Å². The molecule has 0 aliphatic heterocycles. The zero-order valence-electron chi connectivity index (χ0n) is 9.14. The van der Waals surface area contributed by atoms with E-state index in [4.69, 9.17) is 0 Å². The number of aromatic amines is 1. The molecule has 0 radical (unpaired) electrons. The molecule has 0 spiro atoms. The third-order valence-corrected chi connectivity index (χ3v) is 3.56. The number of H-pyrrole nitrogens is 1. The van der Waals surface area contributed by atoms with Crippen molar-refractivity contribution in [1.82, 2.24) is 14.8 Å². The number of rotatable bonds is 2. The monoisotopic (exact) mass is 225 g/mol. The molecule has 6 nitrogen and oxygen atoms in total. The summed E-state index contributed by atoms with van der Waals surface area (Å²) in [5.41, 5.74) is -1.20. The van der Waals surface area contributed by atoms with Gasteiger partial charge >= 0.3 is 11.7 Å². The molecule has 0 aromatic carbocycles. The van der Waals surface area contributed by atoms with Gasteiger partial charge in [-0.15, -0.1) is 0 Å². The van der Waals surface area contributed by atoms with Gasteiger partial charge in [-0.25, -0.2) is 9.89 Å². The Labute approximate surface area is 92.3 Å². The molecule has 0 amide bonds. The zero-order chi connectivity index (χ0) is 11.8. The number of aliphatic carboxylic acids is 1. The van der Waals surface area contributed by atoms with Gasteiger partial charge < -0.3 is 5.11 Å². The summed E-state index contributed by atoms with van der Waals surface area (Å²) in [6.45, 7) is 1.71. The van der Waals surface area contributed by atoms with Crippen molar-refractivity contribution in [2.45, 2.75) is 38.6 Å². The Balaban J connectivity index is 2.41. The van der Waals surface area contributed by atoms with Crippen LogP contribution in [0.1, 0.15) is 38.6 Å². The molecule has 1 aliphatic rings. The fourth-order valence-corrected chi connectivity index (χ4v) is 2.49. The first-order chi connectivity index (χ1) is 7.55. The van der Waals surface area contributed by atoms with Crippen LogP contribution in [-0.2, 0) is 4.79 Å². The average molecular weight is 225 g/mol. The highest BCUT2D eigenvalue weighted by molar-refractivity contribution is 5.75. The van der Waals surface area contributed by atoms with E-state index in [0.29, 0.717) is 12.8 Å². The van der Waals surface area contributed by atoms with Crippen LogP contribution in [0.4, 0.5) is 0 Å². The third-order valence-electron chi connectivity index (χ3n) is 3.56. The molecule has 1 aliphatic carbocycles. The lowest BCUT2D eigenvalue weighted by Crippen LogP contribution is -2.42. The van der Waals surface area contributed by atoms with Crippen LogP contribution in [-0.4, -0.2) is 25.8 Å². The molecule has 1 saturated carbocycles. The smallest absolute Gasteiger partial charge is 0.343 e. The molecule has 16 heavy (non-hydrogen) atoms. The van der Waals surface area contributed by atoms with E-state index >= 15 is 0 Å². The van der Waals surface area contributed by atoms with Gasteiger partial charge in [0.25, 0.3) is 0 Å². The second-order valence-corrected chi connectivity index (χ2v) is 4.55. The Morgan fingerprint density at radius 1 is 1.69 bits per heavy atom. The molecule has 0 bridgehead atoms. The number of nitrogens with one attached hydrogen (secondary N) is 1. The van der Waals surface area contributed by atoms with Gasteiger partial charge in [-0.3, -0.25) is 9.36 Å². The van der Waals surface area contributed by atoms with E-state index in [1.54, 1.807) is 6.92 Å². The highest BCUT2D eigenvalue weighted by Crippen LogP contribution is 2.43. The summed E-state index contributed by atoms with van der Waals surface area (Å²) in [7, 11) is 0. The lowest BCUT2D eigenvalue weighted by Gasteiger charge is -2.37. The van der Waals surface area contributed by atoms with Crippen LogP contribution in [0.25, 0.3) is 0 Å². The number of carboxylic acid groups (broad SMARTS) is 1. The van der Waals surface area contributed by atoms with Crippen LogP contribution in [0, 0.1) is 5.41 Å². The molecule has 6 heteroatoms. The fraction of sp³-hybridized carbons (Fsp3) is 0.700. The summed E-state index contributed by atoms with van der Waals surface area (Å²) in [5, 5.41) is 15.3. The van der Waals surface area contributed by atoms with Crippen LogP contribution in [0.15, 0.2) is 11.1 Å². The fourth-order valence-electron chi connectivity index (χ4n) is 2.49. The van der Waals surface area contributed by atoms with Crippen molar-refractivity contribution in [3.05, 3.63) is 16.8 Å². The lowest BCUT2D eigenvalue weighted by atomic mass is 9.71.